The van der Waals surface area contributed by atoms with E-state index in [0.717, 1.165) is 16.5 Å². The van der Waals surface area contributed by atoms with E-state index >= 15 is 0 Å². The number of amides is 1. The van der Waals surface area contributed by atoms with Gasteiger partial charge in [0.05, 0.1) is 0 Å². The molecule has 0 N–H and O–H groups in total. The molecule has 1 fully saturated rings. The van der Waals surface area contributed by atoms with Crippen molar-refractivity contribution in [3.8, 4) is 0 Å². The van der Waals surface area contributed by atoms with Crippen LogP contribution in [-0.2, 0) is 27.3 Å². The smallest absolute Gasteiger partial charge is 0.414 e. The van der Waals surface area contributed by atoms with Crippen LogP contribution >= 0.6 is 0 Å². The highest BCUT2D eigenvalue weighted by Gasteiger charge is 2.60. The van der Waals surface area contributed by atoms with E-state index in [4.69, 9.17) is 9.47 Å². The third-order valence-electron chi connectivity index (χ3n) is 9.39. The van der Waals surface area contributed by atoms with Gasteiger partial charge in [-0.25, -0.2) is 9.59 Å². The molecule has 2 aromatic carbocycles. The molecule has 2 atom stereocenters. The molecular formula is C36H50N2O4Si. The maximum atomic E-state index is 14.1. The van der Waals surface area contributed by atoms with Crippen LogP contribution in [0.5, 0.6) is 0 Å². The predicted octanol–water partition coefficient (Wildman–Crippen LogP) is 9.09. The number of rotatable bonds is 10. The molecule has 0 spiro atoms. The zero-order valence-corrected chi connectivity index (χ0v) is 28.5. The monoisotopic (exact) mass is 602 g/mol. The van der Waals surface area contributed by atoms with Gasteiger partial charge in [0.15, 0.2) is 20.0 Å². The summed E-state index contributed by atoms with van der Waals surface area (Å²) in [4.78, 5) is 29.7. The highest BCUT2D eigenvalue weighted by atomic mass is 28.3. The van der Waals surface area contributed by atoms with Gasteiger partial charge in [-0.05, 0) is 46.4 Å². The van der Waals surface area contributed by atoms with Crippen molar-refractivity contribution in [1.82, 2.24) is 9.13 Å². The molecular weight excluding hydrogens is 552 g/mol. The molecule has 2 heterocycles. The highest BCUT2D eigenvalue weighted by Crippen LogP contribution is 2.47. The van der Waals surface area contributed by atoms with Gasteiger partial charge in [0.1, 0.15) is 6.61 Å². The van der Waals surface area contributed by atoms with E-state index in [9.17, 15) is 9.59 Å². The molecule has 7 heteroatoms. The van der Waals surface area contributed by atoms with Gasteiger partial charge in [0.2, 0.25) is 0 Å². The first-order chi connectivity index (χ1) is 20.2. The van der Waals surface area contributed by atoms with Crippen LogP contribution in [-0.4, -0.2) is 41.2 Å². The number of esters is 1. The summed E-state index contributed by atoms with van der Waals surface area (Å²) in [7, 11) is -2.12. The summed E-state index contributed by atoms with van der Waals surface area (Å²) < 4.78 is 14.6. The molecule has 1 aliphatic rings. The minimum Gasteiger partial charge on any atom is -0.444 e. The Balaban J connectivity index is 1.88. The van der Waals surface area contributed by atoms with Gasteiger partial charge >= 0.3 is 12.1 Å². The molecule has 0 aliphatic carbocycles. The first-order valence-electron chi connectivity index (χ1n) is 15.6. The van der Waals surface area contributed by atoms with Gasteiger partial charge in [0, 0.05) is 22.7 Å². The molecule has 4 rings (SSSR count). The Labute approximate surface area is 259 Å². The zero-order valence-electron chi connectivity index (χ0n) is 27.5. The lowest BCUT2D eigenvalue weighted by Crippen LogP contribution is -2.57. The average molecular weight is 603 g/mol. The minimum absolute atomic E-state index is 0.107. The molecule has 0 bridgehead atoms. The first-order valence-corrected chi connectivity index (χ1v) is 17.8. The Morgan fingerprint density at radius 1 is 1.00 bits per heavy atom. The van der Waals surface area contributed by atoms with E-state index < -0.39 is 37.5 Å². The highest BCUT2D eigenvalue weighted by molar-refractivity contribution is 6.82. The van der Waals surface area contributed by atoms with Gasteiger partial charge < -0.3 is 13.7 Å². The quantitative estimate of drug-likeness (QED) is 0.132. The molecule has 43 heavy (non-hydrogen) atoms. The van der Waals surface area contributed by atoms with Crippen LogP contribution in [0.25, 0.3) is 10.9 Å². The Bertz CT molecular complexity index is 1430. The van der Waals surface area contributed by atoms with Gasteiger partial charge in [-0.2, -0.15) is 0 Å². The predicted molar refractivity (Wildman–Crippen MR) is 177 cm³/mol. The third-order valence-corrected chi connectivity index (χ3v) is 16.1. The minimum atomic E-state index is -2.12. The number of carbonyl (C=O) groups is 2. The summed E-state index contributed by atoms with van der Waals surface area (Å²) >= 11 is 0. The van der Waals surface area contributed by atoms with Crippen LogP contribution in [0.4, 0.5) is 4.79 Å². The van der Waals surface area contributed by atoms with Crippen molar-refractivity contribution in [2.24, 2.45) is 5.41 Å². The number of nitrogens with zero attached hydrogens (tertiary/aromatic N) is 2. The normalized spacial score (nSPS) is 19.5. The maximum Gasteiger partial charge on any atom is 0.414 e. The Morgan fingerprint density at radius 3 is 2.14 bits per heavy atom. The number of carbonyl (C=O) groups excluding carboxylic acids is 2. The Hall–Kier alpha value is -3.32. The molecule has 0 unspecified atom stereocenters. The van der Waals surface area contributed by atoms with E-state index in [1.54, 1.807) is 11.0 Å². The molecule has 1 aliphatic heterocycles. The molecule has 3 aromatic rings. The average Bonchev–Trinajstić information content (AvgIpc) is 3.43. The summed E-state index contributed by atoms with van der Waals surface area (Å²) in [6.45, 7) is 24.2. The molecule has 0 radical (unpaired) electrons. The second kappa shape index (κ2) is 12.3. The van der Waals surface area contributed by atoms with Crippen LogP contribution in [0.15, 0.2) is 73.4 Å². The van der Waals surface area contributed by atoms with Crippen LogP contribution < -0.4 is 0 Å². The first kappa shape index (κ1) is 32.6. The standard InChI is InChI=1S/C36H50N2O4Si/c1-11-21-36(33(39)42-32(35(8,9)10)38(36)34(40)41-24-28-17-13-12-14-18-28)22-29-23-37(31-20-16-15-19-30(29)31)43(25(2)3,26(4)5)27(6)7/h11-20,23,25-27,32H,1,21-22,24H2,2-10H3/t32-,36-/m1/s1. The van der Waals surface area contributed by atoms with Gasteiger partial charge in [-0.3, -0.25) is 4.90 Å². The lowest BCUT2D eigenvalue weighted by molar-refractivity contribution is -0.148. The van der Waals surface area contributed by atoms with Crippen LogP contribution in [0.3, 0.4) is 0 Å². The topological polar surface area (TPSA) is 60.8 Å². The van der Waals surface area contributed by atoms with Crippen molar-refractivity contribution >= 4 is 31.2 Å². The number of hydrogen-bond donors (Lipinski definition) is 0. The second-order valence-corrected chi connectivity index (χ2v) is 19.8. The maximum absolute atomic E-state index is 14.1. The SMILES string of the molecule is C=CC[C@@]1(Cc2cn([Si](C(C)C)(C(C)C)C(C)C)c3ccccc23)C(=O)O[C@H](C(C)(C)C)N1C(=O)OCc1ccccc1. The van der Waals surface area contributed by atoms with E-state index in [2.05, 4.69) is 82.8 Å². The van der Waals surface area contributed by atoms with Gasteiger partial charge in [-0.15, -0.1) is 6.58 Å². The largest absolute Gasteiger partial charge is 0.444 e. The number of fused-ring (bicyclic) bond motifs is 1. The fourth-order valence-corrected chi connectivity index (χ4v) is 14.4. The molecule has 232 valence electrons. The molecule has 1 aromatic heterocycles. The van der Waals surface area contributed by atoms with E-state index in [1.807, 2.05) is 51.1 Å². The second-order valence-electron chi connectivity index (χ2n) is 14.1. The van der Waals surface area contributed by atoms with E-state index in [-0.39, 0.29) is 13.0 Å². The third kappa shape index (κ3) is 5.68. The fraction of sp³-hybridized carbons (Fsp3) is 0.500. The molecule has 1 amide bonds. The molecule has 1 saturated heterocycles. The van der Waals surface area contributed by atoms with Crippen molar-refractivity contribution in [1.29, 1.82) is 0 Å². The van der Waals surface area contributed by atoms with Crippen molar-refractivity contribution in [2.75, 3.05) is 0 Å². The summed E-state index contributed by atoms with van der Waals surface area (Å²) in [6.07, 6.45) is 3.21. The van der Waals surface area contributed by atoms with Crippen molar-refractivity contribution in [3.05, 3.63) is 84.6 Å². The summed E-state index contributed by atoms with van der Waals surface area (Å²) in [5, 5.41) is 1.11. The number of para-hydroxylation sites is 1. The lowest BCUT2D eigenvalue weighted by Gasteiger charge is -2.44. The summed E-state index contributed by atoms with van der Waals surface area (Å²) in [5.41, 5.74) is 2.74. The summed E-state index contributed by atoms with van der Waals surface area (Å²) in [6, 6.07) is 18.1. The zero-order chi connectivity index (χ0) is 31.7. The number of aromatic nitrogens is 1. The fourth-order valence-electron chi connectivity index (χ4n) is 7.72. The van der Waals surface area contributed by atoms with E-state index in [1.165, 1.54) is 5.52 Å². The van der Waals surface area contributed by atoms with Gasteiger partial charge in [0.25, 0.3) is 0 Å². The van der Waals surface area contributed by atoms with Crippen molar-refractivity contribution in [3.63, 3.8) is 0 Å². The van der Waals surface area contributed by atoms with Crippen molar-refractivity contribution < 1.29 is 19.1 Å². The lowest BCUT2D eigenvalue weighted by atomic mass is 9.84. The van der Waals surface area contributed by atoms with Crippen molar-refractivity contribution in [2.45, 2.75) is 110 Å². The number of benzene rings is 2. The van der Waals surface area contributed by atoms with Crippen LogP contribution in [0, 0.1) is 5.41 Å². The Kier molecular flexibility index (Phi) is 9.36. The van der Waals surface area contributed by atoms with E-state index in [0.29, 0.717) is 23.0 Å². The number of cyclic esters (lactones) is 1. The van der Waals surface area contributed by atoms with Crippen LogP contribution in [0.2, 0.25) is 16.6 Å². The molecule has 6 nitrogen and oxygen atoms in total. The molecule has 0 saturated carbocycles. The Morgan fingerprint density at radius 2 is 1.58 bits per heavy atom. The van der Waals surface area contributed by atoms with Crippen LogP contribution in [0.1, 0.15) is 79.9 Å². The number of hydrogen-bond acceptors (Lipinski definition) is 4. The summed E-state index contributed by atoms with van der Waals surface area (Å²) in [5.74, 6) is -0.416. The van der Waals surface area contributed by atoms with Gasteiger partial charge in [-0.1, -0.05) is 117 Å². The number of ether oxygens (including phenoxy) is 2.